The largest absolute Gasteiger partial charge is 0.364 e. The van der Waals surface area contributed by atoms with Gasteiger partial charge in [-0.2, -0.15) is 0 Å². The third-order valence-corrected chi connectivity index (χ3v) is 2.97. The van der Waals surface area contributed by atoms with Crippen molar-refractivity contribution in [1.82, 2.24) is 0 Å². The quantitative estimate of drug-likeness (QED) is 0.706. The summed E-state index contributed by atoms with van der Waals surface area (Å²) in [5.41, 5.74) is 1.11. The van der Waals surface area contributed by atoms with Crippen molar-refractivity contribution in [2.24, 2.45) is 0 Å². The van der Waals surface area contributed by atoms with Gasteiger partial charge >= 0.3 is 0 Å². The van der Waals surface area contributed by atoms with Gasteiger partial charge in [-0.15, -0.1) is 0 Å². The van der Waals surface area contributed by atoms with Gasteiger partial charge in [-0.1, -0.05) is 30.3 Å². The Hall–Kier alpha value is -1.15. The number of carbonyl (C=O) groups is 1. The first-order valence-electron chi connectivity index (χ1n) is 5.39. The topological polar surface area (TPSA) is 26.3 Å². The molecule has 1 aliphatic rings. The molecule has 0 aromatic heterocycles. The van der Waals surface area contributed by atoms with Crippen LogP contribution in [0.5, 0.6) is 0 Å². The Kier molecular flexibility index (Phi) is 2.87. The molecule has 0 radical (unpaired) electrons. The summed E-state index contributed by atoms with van der Waals surface area (Å²) in [5.74, 6) is 0. The summed E-state index contributed by atoms with van der Waals surface area (Å²) in [4.78, 5) is 10.6. The molecule has 0 aliphatic carbocycles. The molecule has 1 aliphatic heterocycles. The van der Waals surface area contributed by atoms with Crippen molar-refractivity contribution in [2.45, 2.75) is 37.9 Å². The van der Waals surface area contributed by atoms with E-state index in [-0.39, 0.29) is 11.7 Å². The average molecular weight is 204 g/mol. The Labute approximate surface area is 90.3 Å². The Bertz CT molecular complexity index is 334. The minimum Gasteiger partial charge on any atom is -0.364 e. The summed E-state index contributed by atoms with van der Waals surface area (Å²) in [7, 11) is 0. The third-order valence-electron chi connectivity index (χ3n) is 2.97. The van der Waals surface area contributed by atoms with Gasteiger partial charge in [0, 0.05) is 6.42 Å². The second-order valence-corrected chi connectivity index (χ2v) is 4.44. The normalized spacial score (nSPS) is 30.3. The van der Waals surface area contributed by atoms with Crippen LogP contribution < -0.4 is 0 Å². The first-order chi connectivity index (χ1) is 7.22. The molecule has 0 N–H and O–H groups in total. The Morgan fingerprint density at radius 1 is 1.47 bits per heavy atom. The minimum absolute atomic E-state index is 0.160. The predicted molar refractivity (Wildman–Crippen MR) is 58.7 cm³/mol. The number of hydrogen-bond acceptors (Lipinski definition) is 2. The molecule has 0 amide bonds. The van der Waals surface area contributed by atoms with E-state index in [1.165, 1.54) is 5.56 Å². The fourth-order valence-corrected chi connectivity index (χ4v) is 2.18. The van der Waals surface area contributed by atoms with Crippen LogP contribution in [0.3, 0.4) is 0 Å². The van der Waals surface area contributed by atoms with Gasteiger partial charge in [-0.25, -0.2) is 0 Å². The molecule has 80 valence electrons. The second kappa shape index (κ2) is 4.15. The van der Waals surface area contributed by atoms with E-state index in [0.29, 0.717) is 0 Å². The van der Waals surface area contributed by atoms with E-state index in [0.717, 1.165) is 25.5 Å². The molecular weight excluding hydrogens is 188 g/mol. The van der Waals surface area contributed by atoms with E-state index >= 15 is 0 Å². The van der Waals surface area contributed by atoms with Crippen LogP contribution in [0.4, 0.5) is 0 Å². The smallest absolute Gasteiger partial charge is 0.148 e. The van der Waals surface area contributed by atoms with Crippen LogP contribution in [0.15, 0.2) is 30.3 Å². The van der Waals surface area contributed by atoms with Crippen molar-refractivity contribution in [2.75, 3.05) is 0 Å². The number of aldehydes is 1. The van der Waals surface area contributed by atoms with Crippen molar-refractivity contribution in [3.05, 3.63) is 35.9 Å². The number of benzene rings is 1. The number of ether oxygens (including phenoxy) is 1. The van der Waals surface area contributed by atoms with Crippen molar-refractivity contribution < 1.29 is 9.53 Å². The molecule has 0 bridgehead atoms. The summed E-state index contributed by atoms with van der Waals surface area (Å²) in [6.07, 6.45) is 3.42. The standard InChI is InChI=1S/C13H16O2/c1-13(8-7-12(10-14)15-13)9-11-5-3-2-4-6-11/h2-6,10,12H,7-9H2,1H3. The molecule has 2 atom stereocenters. The maximum Gasteiger partial charge on any atom is 0.148 e. The lowest BCUT2D eigenvalue weighted by Gasteiger charge is -2.23. The predicted octanol–water partition coefficient (Wildman–Crippen LogP) is 2.37. The van der Waals surface area contributed by atoms with E-state index in [2.05, 4.69) is 19.1 Å². The van der Waals surface area contributed by atoms with Crippen LogP contribution in [0.2, 0.25) is 0 Å². The molecule has 1 saturated heterocycles. The van der Waals surface area contributed by atoms with Crippen LogP contribution in [0, 0.1) is 0 Å². The zero-order chi connectivity index (χ0) is 10.7. The average Bonchev–Trinajstić information content (AvgIpc) is 2.61. The second-order valence-electron chi connectivity index (χ2n) is 4.44. The molecule has 0 spiro atoms. The fraction of sp³-hybridized carbons (Fsp3) is 0.462. The Morgan fingerprint density at radius 2 is 2.20 bits per heavy atom. The van der Waals surface area contributed by atoms with Crippen LogP contribution in [-0.4, -0.2) is 18.0 Å². The third kappa shape index (κ3) is 2.45. The van der Waals surface area contributed by atoms with Crippen molar-refractivity contribution in [3.63, 3.8) is 0 Å². The summed E-state index contributed by atoms with van der Waals surface area (Å²) < 4.78 is 5.73. The van der Waals surface area contributed by atoms with E-state index in [1.807, 2.05) is 18.2 Å². The highest BCUT2D eigenvalue weighted by molar-refractivity contribution is 5.56. The number of carbonyl (C=O) groups excluding carboxylic acids is 1. The maximum absolute atomic E-state index is 10.6. The van der Waals surface area contributed by atoms with Gasteiger partial charge in [-0.3, -0.25) is 0 Å². The minimum atomic E-state index is -0.196. The highest BCUT2D eigenvalue weighted by Crippen LogP contribution is 2.32. The van der Waals surface area contributed by atoms with Crippen LogP contribution in [0.25, 0.3) is 0 Å². The van der Waals surface area contributed by atoms with Crippen LogP contribution in [-0.2, 0) is 16.0 Å². The molecule has 1 heterocycles. The molecule has 2 rings (SSSR count). The van der Waals surface area contributed by atoms with Gasteiger partial charge in [0.1, 0.15) is 12.4 Å². The Morgan fingerprint density at radius 3 is 2.80 bits per heavy atom. The van der Waals surface area contributed by atoms with E-state index < -0.39 is 0 Å². The lowest BCUT2D eigenvalue weighted by Crippen LogP contribution is -2.28. The van der Waals surface area contributed by atoms with Crippen molar-refractivity contribution in [3.8, 4) is 0 Å². The molecule has 2 nitrogen and oxygen atoms in total. The molecule has 1 aromatic carbocycles. The van der Waals surface area contributed by atoms with Crippen LogP contribution in [0.1, 0.15) is 25.3 Å². The fourth-order valence-electron chi connectivity index (χ4n) is 2.18. The molecule has 2 heteroatoms. The molecule has 15 heavy (non-hydrogen) atoms. The van der Waals surface area contributed by atoms with Gasteiger partial charge in [0.25, 0.3) is 0 Å². The number of rotatable bonds is 3. The molecule has 2 unspecified atom stereocenters. The first-order valence-corrected chi connectivity index (χ1v) is 5.39. The first kappa shape index (κ1) is 10.4. The maximum atomic E-state index is 10.6. The van der Waals surface area contributed by atoms with E-state index in [1.54, 1.807) is 0 Å². The van der Waals surface area contributed by atoms with Crippen LogP contribution >= 0.6 is 0 Å². The lowest BCUT2D eigenvalue weighted by atomic mass is 9.93. The highest BCUT2D eigenvalue weighted by Gasteiger charge is 2.35. The molecule has 0 saturated carbocycles. The SMILES string of the molecule is CC1(Cc2ccccc2)CCC(C=O)O1. The van der Waals surface area contributed by atoms with Gasteiger partial charge in [-0.05, 0) is 25.3 Å². The van der Waals surface area contributed by atoms with Gasteiger partial charge in [0.05, 0.1) is 5.60 Å². The number of hydrogen-bond donors (Lipinski definition) is 0. The highest BCUT2D eigenvalue weighted by atomic mass is 16.5. The zero-order valence-electron chi connectivity index (χ0n) is 8.98. The molecule has 1 fully saturated rings. The summed E-state index contributed by atoms with van der Waals surface area (Å²) in [5, 5.41) is 0. The molecule has 1 aromatic rings. The molecular formula is C13H16O2. The van der Waals surface area contributed by atoms with Crippen molar-refractivity contribution >= 4 is 6.29 Å². The van der Waals surface area contributed by atoms with E-state index in [9.17, 15) is 4.79 Å². The summed E-state index contributed by atoms with van der Waals surface area (Å²) in [6, 6.07) is 10.3. The Balaban J connectivity index is 2.03. The van der Waals surface area contributed by atoms with Gasteiger partial charge < -0.3 is 9.53 Å². The van der Waals surface area contributed by atoms with Crippen molar-refractivity contribution in [1.29, 1.82) is 0 Å². The lowest BCUT2D eigenvalue weighted by molar-refractivity contribution is -0.121. The monoisotopic (exact) mass is 204 g/mol. The summed E-state index contributed by atoms with van der Waals surface area (Å²) >= 11 is 0. The summed E-state index contributed by atoms with van der Waals surface area (Å²) in [6.45, 7) is 2.09. The van der Waals surface area contributed by atoms with Gasteiger partial charge in [0.2, 0.25) is 0 Å². The zero-order valence-corrected chi connectivity index (χ0v) is 8.98. The van der Waals surface area contributed by atoms with Gasteiger partial charge in [0.15, 0.2) is 0 Å². The van der Waals surface area contributed by atoms with E-state index in [4.69, 9.17) is 4.74 Å².